The summed E-state index contributed by atoms with van der Waals surface area (Å²) in [5.41, 5.74) is 6.21. The van der Waals surface area contributed by atoms with Crippen LogP contribution in [0.5, 0.6) is 0 Å². The van der Waals surface area contributed by atoms with Gasteiger partial charge in [0.15, 0.2) is 0 Å². The van der Waals surface area contributed by atoms with Crippen molar-refractivity contribution in [3.8, 4) is 0 Å². The summed E-state index contributed by atoms with van der Waals surface area (Å²) in [6.45, 7) is 4.36. The molecule has 2 nitrogen and oxygen atoms in total. The number of hydrogen-bond donors (Lipinski definition) is 1. The first-order valence-electron chi connectivity index (χ1n) is 6.80. The van der Waals surface area contributed by atoms with E-state index in [1.807, 2.05) is 0 Å². The SMILES string of the molecule is CC1CCCN(CC2CCCC(F)C2)C1N. The van der Waals surface area contributed by atoms with Gasteiger partial charge in [-0.2, -0.15) is 0 Å². The number of nitrogens with zero attached hydrogens (tertiary/aromatic N) is 1. The van der Waals surface area contributed by atoms with Gasteiger partial charge in [-0.3, -0.25) is 4.90 Å². The highest BCUT2D eigenvalue weighted by Gasteiger charge is 2.29. The number of likely N-dealkylation sites (tertiary alicyclic amines) is 1. The highest BCUT2D eigenvalue weighted by atomic mass is 19.1. The van der Waals surface area contributed by atoms with Crippen LogP contribution in [0.4, 0.5) is 4.39 Å². The molecule has 2 N–H and O–H groups in total. The molecule has 0 aromatic rings. The second kappa shape index (κ2) is 5.46. The Balaban J connectivity index is 1.83. The zero-order valence-electron chi connectivity index (χ0n) is 10.4. The predicted octanol–water partition coefficient (Wildman–Crippen LogP) is 2.53. The zero-order valence-corrected chi connectivity index (χ0v) is 10.4. The molecule has 0 aromatic carbocycles. The van der Waals surface area contributed by atoms with Crippen LogP contribution in [0.15, 0.2) is 0 Å². The third-order valence-corrected chi connectivity index (χ3v) is 4.32. The van der Waals surface area contributed by atoms with Crippen molar-refractivity contribution in [2.75, 3.05) is 13.1 Å². The van der Waals surface area contributed by atoms with Gasteiger partial charge in [0.25, 0.3) is 0 Å². The molecule has 2 aliphatic rings. The highest BCUT2D eigenvalue weighted by molar-refractivity contribution is 4.82. The van der Waals surface area contributed by atoms with Gasteiger partial charge in [0.2, 0.25) is 0 Å². The Labute approximate surface area is 98.4 Å². The van der Waals surface area contributed by atoms with Crippen molar-refractivity contribution < 1.29 is 4.39 Å². The smallest absolute Gasteiger partial charge is 0.100 e. The van der Waals surface area contributed by atoms with Crippen LogP contribution in [-0.2, 0) is 0 Å². The summed E-state index contributed by atoms with van der Waals surface area (Å²) >= 11 is 0. The van der Waals surface area contributed by atoms with Crippen molar-refractivity contribution in [2.24, 2.45) is 17.6 Å². The van der Waals surface area contributed by atoms with Crippen molar-refractivity contribution in [3.05, 3.63) is 0 Å². The Morgan fingerprint density at radius 1 is 1.25 bits per heavy atom. The number of hydrogen-bond acceptors (Lipinski definition) is 2. The van der Waals surface area contributed by atoms with E-state index in [2.05, 4.69) is 11.8 Å². The highest BCUT2D eigenvalue weighted by Crippen LogP contribution is 2.29. The molecule has 0 radical (unpaired) electrons. The molecule has 2 fully saturated rings. The fraction of sp³-hybridized carbons (Fsp3) is 1.00. The van der Waals surface area contributed by atoms with Gasteiger partial charge in [-0.15, -0.1) is 0 Å². The lowest BCUT2D eigenvalue weighted by atomic mass is 9.86. The van der Waals surface area contributed by atoms with Crippen LogP contribution in [0.3, 0.4) is 0 Å². The zero-order chi connectivity index (χ0) is 11.5. The van der Waals surface area contributed by atoms with E-state index in [4.69, 9.17) is 5.73 Å². The molecule has 4 atom stereocenters. The first kappa shape index (κ1) is 12.3. The molecule has 0 aromatic heterocycles. The lowest BCUT2D eigenvalue weighted by Gasteiger charge is -2.40. The predicted molar refractivity (Wildman–Crippen MR) is 64.8 cm³/mol. The van der Waals surface area contributed by atoms with E-state index < -0.39 is 6.17 Å². The summed E-state index contributed by atoms with van der Waals surface area (Å²) in [7, 11) is 0. The van der Waals surface area contributed by atoms with Crippen molar-refractivity contribution in [2.45, 2.75) is 57.8 Å². The van der Waals surface area contributed by atoms with Gasteiger partial charge in [0.1, 0.15) is 6.17 Å². The van der Waals surface area contributed by atoms with E-state index in [-0.39, 0.29) is 6.17 Å². The fourth-order valence-corrected chi connectivity index (χ4v) is 3.23. The van der Waals surface area contributed by atoms with Crippen molar-refractivity contribution in [3.63, 3.8) is 0 Å². The minimum Gasteiger partial charge on any atom is -0.316 e. The molecule has 2 rings (SSSR count). The van der Waals surface area contributed by atoms with E-state index in [0.717, 1.165) is 32.4 Å². The van der Waals surface area contributed by atoms with Gasteiger partial charge in [-0.25, -0.2) is 4.39 Å². The van der Waals surface area contributed by atoms with E-state index in [9.17, 15) is 4.39 Å². The minimum atomic E-state index is -0.558. The lowest BCUT2D eigenvalue weighted by Crippen LogP contribution is -2.51. The first-order valence-corrected chi connectivity index (χ1v) is 6.80. The minimum absolute atomic E-state index is 0.203. The summed E-state index contributed by atoms with van der Waals surface area (Å²) in [6.07, 6.45) is 5.93. The molecule has 94 valence electrons. The van der Waals surface area contributed by atoms with Crippen molar-refractivity contribution in [1.82, 2.24) is 4.90 Å². The quantitative estimate of drug-likeness (QED) is 0.787. The van der Waals surface area contributed by atoms with Gasteiger partial charge in [-0.05, 0) is 50.5 Å². The average Bonchev–Trinajstić information content (AvgIpc) is 2.25. The van der Waals surface area contributed by atoms with Crippen LogP contribution in [-0.4, -0.2) is 30.3 Å². The van der Waals surface area contributed by atoms with Crippen LogP contribution in [0.1, 0.15) is 45.4 Å². The van der Waals surface area contributed by atoms with Crippen LogP contribution < -0.4 is 5.73 Å². The molecular weight excluding hydrogens is 203 g/mol. The molecule has 1 saturated heterocycles. The molecule has 1 heterocycles. The maximum Gasteiger partial charge on any atom is 0.100 e. The molecule has 16 heavy (non-hydrogen) atoms. The Hall–Kier alpha value is -0.150. The van der Waals surface area contributed by atoms with Crippen molar-refractivity contribution >= 4 is 0 Å². The van der Waals surface area contributed by atoms with Gasteiger partial charge in [0.05, 0.1) is 6.17 Å². The molecule has 1 saturated carbocycles. The Kier molecular flexibility index (Phi) is 4.20. The maximum absolute atomic E-state index is 13.3. The monoisotopic (exact) mass is 228 g/mol. The number of alkyl halides is 1. The summed E-state index contributed by atoms with van der Waals surface area (Å²) in [5.74, 6) is 1.14. The third kappa shape index (κ3) is 2.95. The lowest BCUT2D eigenvalue weighted by molar-refractivity contribution is 0.0683. The van der Waals surface area contributed by atoms with Gasteiger partial charge < -0.3 is 5.73 Å². The normalized spacial score (nSPS) is 42.2. The molecule has 0 spiro atoms. The first-order chi connectivity index (χ1) is 7.66. The van der Waals surface area contributed by atoms with E-state index >= 15 is 0 Å². The second-order valence-electron chi connectivity index (χ2n) is 5.73. The second-order valence-corrected chi connectivity index (χ2v) is 5.73. The Bertz CT molecular complexity index is 222. The molecule has 1 aliphatic carbocycles. The van der Waals surface area contributed by atoms with E-state index in [1.165, 1.54) is 19.3 Å². The topological polar surface area (TPSA) is 29.3 Å². The molecule has 0 bridgehead atoms. The average molecular weight is 228 g/mol. The van der Waals surface area contributed by atoms with Crippen LogP contribution in [0.2, 0.25) is 0 Å². The van der Waals surface area contributed by atoms with E-state index in [0.29, 0.717) is 11.8 Å². The van der Waals surface area contributed by atoms with Crippen LogP contribution in [0.25, 0.3) is 0 Å². The maximum atomic E-state index is 13.3. The molecule has 3 heteroatoms. The third-order valence-electron chi connectivity index (χ3n) is 4.32. The Morgan fingerprint density at radius 3 is 2.81 bits per heavy atom. The number of rotatable bonds is 2. The summed E-state index contributed by atoms with van der Waals surface area (Å²) in [5, 5.41) is 0. The molecule has 0 amide bonds. The number of nitrogens with two attached hydrogens (primary N) is 1. The van der Waals surface area contributed by atoms with Gasteiger partial charge in [-0.1, -0.05) is 13.3 Å². The summed E-state index contributed by atoms with van der Waals surface area (Å²) < 4.78 is 13.3. The molecule has 1 aliphatic heterocycles. The number of halogens is 1. The summed E-state index contributed by atoms with van der Waals surface area (Å²) in [6, 6.07) is 0. The van der Waals surface area contributed by atoms with Crippen molar-refractivity contribution in [1.29, 1.82) is 0 Å². The molecule has 4 unspecified atom stereocenters. The number of piperidine rings is 1. The largest absolute Gasteiger partial charge is 0.316 e. The van der Waals surface area contributed by atoms with Gasteiger partial charge >= 0.3 is 0 Å². The van der Waals surface area contributed by atoms with E-state index in [1.54, 1.807) is 0 Å². The summed E-state index contributed by atoms with van der Waals surface area (Å²) in [4.78, 5) is 2.39. The molecular formula is C13H25FN2. The fourth-order valence-electron chi connectivity index (χ4n) is 3.23. The van der Waals surface area contributed by atoms with Crippen LogP contribution >= 0.6 is 0 Å². The van der Waals surface area contributed by atoms with Crippen LogP contribution in [0, 0.1) is 11.8 Å². The Morgan fingerprint density at radius 2 is 2.06 bits per heavy atom. The standard InChI is InChI=1S/C13H25FN2/c1-10-4-3-7-16(13(10)15)9-11-5-2-6-12(14)8-11/h10-13H,2-9,15H2,1H3. The van der Waals surface area contributed by atoms with Gasteiger partial charge in [0, 0.05) is 6.54 Å².